The van der Waals surface area contributed by atoms with Crippen molar-refractivity contribution in [1.29, 1.82) is 0 Å². The molecule has 0 spiro atoms. The molecule has 0 aliphatic carbocycles. The SMILES string of the molecule is CC(C)(C)c1noc(C2CO2)c1Cl. The quantitative estimate of drug-likeness (QED) is 0.656. The molecule has 0 bridgehead atoms. The Balaban J connectivity index is 2.38. The number of aromatic nitrogens is 1. The first-order valence-corrected chi connectivity index (χ1v) is 4.65. The van der Waals surface area contributed by atoms with Gasteiger partial charge >= 0.3 is 0 Å². The molecule has 1 aliphatic rings. The molecule has 1 atom stereocenters. The van der Waals surface area contributed by atoms with E-state index in [4.69, 9.17) is 20.9 Å². The Morgan fingerprint density at radius 3 is 2.46 bits per heavy atom. The van der Waals surface area contributed by atoms with Gasteiger partial charge in [-0.15, -0.1) is 0 Å². The molecule has 0 amide bonds. The minimum atomic E-state index is -0.0757. The van der Waals surface area contributed by atoms with Crippen LogP contribution >= 0.6 is 11.6 Å². The molecule has 1 aromatic rings. The van der Waals surface area contributed by atoms with Crippen LogP contribution in [0.2, 0.25) is 5.02 Å². The van der Waals surface area contributed by atoms with Crippen molar-refractivity contribution in [2.75, 3.05) is 6.61 Å². The maximum Gasteiger partial charge on any atom is 0.186 e. The number of epoxide rings is 1. The van der Waals surface area contributed by atoms with Crippen LogP contribution in [0.15, 0.2) is 4.52 Å². The Morgan fingerprint density at radius 2 is 2.08 bits per heavy atom. The highest BCUT2D eigenvalue weighted by molar-refractivity contribution is 6.32. The van der Waals surface area contributed by atoms with E-state index in [0.29, 0.717) is 17.4 Å². The average Bonchev–Trinajstić information content (AvgIpc) is 2.73. The van der Waals surface area contributed by atoms with Crippen LogP contribution in [0.3, 0.4) is 0 Å². The number of hydrogen-bond donors (Lipinski definition) is 0. The van der Waals surface area contributed by atoms with E-state index < -0.39 is 0 Å². The number of halogens is 1. The summed E-state index contributed by atoms with van der Waals surface area (Å²) >= 11 is 6.11. The summed E-state index contributed by atoms with van der Waals surface area (Å²) in [5.74, 6) is 0.673. The largest absolute Gasteiger partial charge is 0.364 e. The summed E-state index contributed by atoms with van der Waals surface area (Å²) in [5, 5.41) is 4.58. The Morgan fingerprint density at radius 1 is 1.46 bits per heavy atom. The first-order valence-electron chi connectivity index (χ1n) is 4.27. The molecule has 0 N–H and O–H groups in total. The summed E-state index contributed by atoms with van der Waals surface area (Å²) in [4.78, 5) is 0. The second-order valence-electron chi connectivity index (χ2n) is 4.28. The molecule has 0 saturated carbocycles. The van der Waals surface area contributed by atoms with Crippen LogP contribution in [-0.4, -0.2) is 11.8 Å². The van der Waals surface area contributed by atoms with Gasteiger partial charge in [-0.05, 0) is 0 Å². The lowest BCUT2D eigenvalue weighted by Gasteiger charge is -2.13. The van der Waals surface area contributed by atoms with Crippen LogP contribution < -0.4 is 0 Å². The predicted molar refractivity (Wildman–Crippen MR) is 48.9 cm³/mol. The highest BCUT2D eigenvalue weighted by Crippen LogP contribution is 2.39. The zero-order valence-electron chi connectivity index (χ0n) is 7.93. The second-order valence-corrected chi connectivity index (χ2v) is 4.66. The third-order valence-corrected chi connectivity index (χ3v) is 2.36. The van der Waals surface area contributed by atoms with Crippen LogP contribution in [0.5, 0.6) is 0 Å². The summed E-state index contributed by atoms with van der Waals surface area (Å²) in [6, 6.07) is 0. The van der Waals surface area contributed by atoms with Crippen molar-refractivity contribution in [3.05, 3.63) is 16.5 Å². The summed E-state index contributed by atoms with van der Waals surface area (Å²) in [6.07, 6.45) is 0.0381. The fourth-order valence-electron chi connectivity index (χ4n) is 1.16. The minimum Gasteiger partial charge on any atom is -0.364 e. The molecule has 1 fully saturated rings. The molecule has 1 aromatic heterocycles. The van der Waals surface area contributed by atoms with Crippen LogP contribution in [0, 0.1) is 0 Å². The van der Waals surface area contributed by atoms with Gasteiger partial charge in [-0.2, -0.15) is 0 Å². The van der Waals surface area contributed by atoms with E-state index >= 15 is 0 Å². The zero-order chi connectivity index (χ0) is 9.64. The van der Waals surface area contributed by atoms with E-state index in [-0.39, 0.29) is 11.5 Å². The third-order valence-electron chi connectivity index (χ3n) is 2.00. The monoisotopic (exact) mass is 201 g/mol. The first-order chi connectivity index (χ1) is 6.00. The molecule has 2 rings (SSSR count). The lowest BCUT2D eigenvalue weighted by atomic mass is 9.92. The van der Waals surface area contributed by atoms with Crippen LogP contribution in [-0.2, 0) is 10.2 Å². The number of ether oxygens (including phenoxy) is 1. The van der Waals surface area contributed by atoms with Gasteiger partial charge in [-0.1, -0.05) is 37.5 Å². The lowest BCUT2D eigenvalue weighted by Crippen LogP contribution is -2.12. The van der Waals surface area contributed by atoms with Gasteiger partial charge in [0.25, 0.3) is 0 Å². The normalized spacial score (nSPS) is 22.0. The molecule has 1 aliphatic heterocycles. The van der Waals surface area contributed by atoms with Crippen molar-refractivity contribution < 1.29 is 9.26 Å². The van der Waals surface area contributed by atoms with Gasteiger partial charge in [-0.3, -0.25) is 0 Å². The molecule has 13 heavy (non-hydrogen) atoms. The molecule has 4 heteroatoms. The Kier molecular flexibility index (Phi) is 1.89. The Hall–Kier alpha value is -0.540. The van der Waals surface area contributed by atoms with Gasteiger partial charge in [0, 0.05) is 5.41 Å². The maximum absolute atomic E-state index is 6.11. The van der Waals surface area contributed by atoms with E-state index in [1.807, 2.05) is 20.8 Å². The van der Waals surface area contributed by atoms with Gasteiger partial charge in [0.2, 0.25) is 0 Å². The summed E-state index contributed by atoms with van der Waals surface area (Å²) in [5.41, 5.74) is 0.730. The third kappa shape index (κ3) is 1.58. The number of rotatable bonds is 1. The summed E-state index contributed by atoms with van der Waals surface area (Å²) in [7, 11) is 0. The highest BCUT2D eigenvalue weighted by atomic mass is 35.5. The van der Waals surface area contributed by atoms with Gasteiger partial charge in [0.1, 0.15) is 16.8 Å². The lowest BCUT2D eigenvalue weighted by molar-refractivity contribution is 0.318. The topological polar surface area (TPSA) is 38.6 Å². The second kappa shape index (κ2) is 2.72. The summed E-state index contributed by atoms with van der Waals surface area (Å²) in [6.45, 7) is 6.84. The van der Waals surface area contributed by atoms with Crippen LogP contribution in [0.4, 0.5) is 0 Å². The molecule has 0 radical (unpaired) electrons. The molecule has 2 heterocycles. The molecule has 1 saturated heterocycles. The van der Waals surface area contributed by atoms with Crippen molar-refractivity contribution in [2.45, 2.75) is 32.3 Å². The molecular weight excluding hydrogens is 190 g/mol. The van der Waals surface area contributed by atoms with E-state index in [2.05, 4.69) is 5.16 Å². The van der Waals surface area contributed by atoms with E-state index in [1.165, 1.54) is 0 Å². The summed E-state index contributed by atoms with van der Waals surface area (Å²) < 4.78 is 10.2. The fourth-order valence-corrected chi connectivity index (χ4v) is 1.63. The fraction of sp³-hybridized carbons (Fsp3) is 0.667. The standard InChI is InChI=1S/C9H12ClNO2/c1-9(2,3)8-6(10)7(13-11-8)5-4-12-5/h5H,4H2,1-3H3. The van der Waals surface area contributed by atoms with E-state index in [9.17, 15) is 0 Å². The van der Waals surface area contributed by atoms with Crippen molar-refractivity contribution in [3.8, 4) is 0 Å². The van der Waals surface area contributed by atoms with Crippen molar-refractivity contribution >= 4 is 11.6 Å². The van der Waals surface area contributed by atoms with Gasteiger partial charge in [-0.25, -0.2) is 0 Å². The van der Waals surface area contributed by atoms with E-state index in [1.54, 1.807) is 0 Å². The molecular formula is C9H12ClNO2. The smallest absolute Gasteiger partial charge is 0.186 e. The maximum atomic E-state index is 6.11. The highest BCUT2D eigenvalue weighted by Gasteiger charge is 2.35. The number of hydrogen-bond acceptors (Lipinski definition) is 3. The Bertz CT molecular complexity index is 323. The van der Waals surface area contributed by atoms with Crippen LogP contribution in [0.25, 0.3) is 0 Å². The van der Waals surface area contributed by atoms with Crippen molar-refractivity contribution in [1.82, 2.24) is 5.16 Å². The van der Waals surface area contributed by atoms with Gasteiger partial charge < -0.3 is 9.26 Å². The van der Waals surface area contributed by atoms with Crippen molar-refractivity contribution in [2.24, 2.45) is 0 Å². The molecule has 1 unspecified atom stereocenters. The van der Waals surface area contributed by atoms with Crippen molar-refractivity contribution in [3.63, 3.8) is 0 Å². The van der Waals surface area contributed by atoms with Crippen LogP contribution in [0.1, 0.15) is 38.3 Å². The predicted octanol–water partition coefficient (Wildman–Crippen LogP) is 2.70. The van der Waals surface area contributed by atoms with Gasteiger partial charge in [0.05, 0.1) is 6.61 Å². The zero-order valence-corrected chi connectivity index (χ0v) is 8.68. The average molecular weight is 202 g/mol. The number of nitrogens with zero attached hydrogens (tertiary/aromatic N) is 1. The van der Waals surface area contributed by atoms with Gasteiger partial charge in [0.15, 0.2) is 5.76 Å². The van der Waals surface area contributed by atoms with E-state index in [0.717, 1.165) is 5.69 Å². The Labute approximate surface area is 82.0 Å². The molecule has 3 nitrogen and oxygen atoms in total. The molecule has 0 aromatic carbocycles. The first kappa shape index (κ1) is 9.03. The minimum absolute atomic E-state index is 0.0381. The molecule has 72 valence electrons.